The number of benzene rings is 1. The van der Waals surface area contributed by atoms with Gasteiger partial charge in [0.15, 0.2) is 0 Å². The van der Waals surface area contributed by atoms with Gasteiger partial charge in [-0.15, -0.1) is 0 Å². The fraction of sp³-hybridized carbons (Fsp3) is 0.385. The summed E-state index contributed by atoms with van der Waals surface area (Å²) in [5, 5.41) is 9.64. The molecule has 0 saturated heterocycles. The van der Waals surface area contributed by atoms with Crippen LogP contribution in [0.3, 0.4) is 0 Å². The van der Waals surface area contributed by atoms with E-state index in [1.807, 2.05) is 0 Å². The van der Waals surface area contributed by atoms with Gasteiger partial charge in [-0.05, 0) is 39.0 Å². The number of aliphatic carboxylic acids is 1. The average molecular weight is 349 g/mol. The lowest BCUT2D eigenvalue weighted by Crippen LogP contribution is -2.52. The largest absolute Gasteiger partial charge is 0.480 e. The first-order valence-corrected chi connectivity index (χ1v) is 6.88. The quantitative estimate of drug-likeness (QED) is 0.907. The molecule has 1 amide bonds. The minimum absolute atomic E-state index is 0.294. The Labute approximate surface area is 125 Å². The molecule has 19 heavy (non-hydrogen) atoms. The van der Waals surface area contributed by atoms with Crippen molar-refractivity contribution in [3.05, 3.63) is 33.3 Å². The van der Waals surface area contributed by atoms with Crippen molar-refractivity contribution in [2.24, 2.45) is 0 Å². The van der Waals surface area contributed by atoms with Crippen molar-refractivity contribution >= 4 is 39.4 Å². The highest BCUT2D eigenvalue weighted by Gasteiger charge is 2.37. The van der Waals surface area contributed by atoms with Crippen LogP contribution in [0.1, 0.15) is 31.1 Å². The first-order chi connectivity index (χ1) is 8.70. The van der Waals surface area contributed by atoms with Gasteiger partial charge in [-0.3, -0.25) is 4.79 Å². The minimum atomic E-state index is -1.28. The maximum absolute atomic E-state index is 12.4. The minimum Gasteiger partial charge on any atom is -0.480 e. The molecular weight excluding hydrogens is 334 g/mol. The molecule has 0 spiro atoms. The molecule has 0 atom stereocenters. The van der Waals surface area contributed by atoms with Crippen molar-refractivity contribution in [1.82, 2.24) is 4.90 Å². The Morgan fingerprint density at radius 2 is 1.95 bits per heavy atom. The second-order valence-corrected chi connectivity index (χ2v) is 5.92. The summed E-state index contributed by atoms with van der Waals surface area (Å²) in [5.41, 5.74) is -0.920. The summed E-state index contributed by atoms with van der Waals surface area (Å²) in [4.78, 5) is 25.0. The molecule has 0 bridgehead atoms. The van der Waals surface area contributed by atoms with Crippen molar-refractivity contribution in [3.63, 3.8) is 0 Å². The van der Waals surface area contributed by atoms with Crippen LogP contribution in [-0.4, -0.2) is 34.0 Å². The van der Waals surface area contributed by atoms with Crippen LogP contribution in [0.5, 0.6) is 0 Å². The lowest BCUT2D eigenvalue weighted by Gasteiger charge is -2.34. The predicted octanol–water partition coefficient (Wildman–Crippen LogP) is 3.43. The third kappa shape index (κ3) is 3.48. The SMILES string of the molecule is CCN(C(=O)c1cc(Cl)cc(Br)c1)C(C)(C)C(=O)O. The Bertz CT molecular complexity index is 496. The van der Waals surface area contributed by atoms with E-state index in [0.717, 1.165) is 0 Å². The Balaban J connectivity index is 3.19. The zero-order valence-corrected chi connectivity index (χ0v) is 13.2. The summed E-state index contributed by atoms with van der Waals surface area (Å²) in [5.74, 6) is -1.41. The number of hydrogen-bond donors (Lipinski definition) is 1. The second-order valence-electron chi connectivity index (χ2n) is 4.57. The molecule has 4 nitrogen and oxygen atoms in total. The molecule has 104 valence electrons. The number of hydrogen-bond acceptors (Lipinski definition) is 2. The molecule has 0 heterocycles. The molecule has 1 aromatic carbocycles. The van der Waals surface area contributed by atoms with Gasteiger partial charge in [0.2, 0.25) is 0 Å². The van der Waals surface area contributed by atoms with Crippen LogP contribution in [0.2, 0.25) is 5.02 Å². The van der Waals surface area contributed by atoms with E-state index in [2.05, 4.69) is 15.9 Å². The summed E-state index contributed by atoms with van der Waals surface area (Å²) < 4.78 is 0.674. The normalized spacial score (nSPS) is 11.2. The summed E-state index contributed by atoms with van der Waals surface area (Å²) in [6.07, 6.45) is 0. The van der Waals surface area contributed by atoms with E-state index < -0.39 is 11.5 Å². The number of halogens is 2. The summed E-state index contributed by atoms with van der Waals surface area (Å²) in [6, 6.07) is 4.81. The van der Waals surface area contributed by atoms with Crippen LogP contribution < -0.4 is 0 Å². The van der Waals surface area contributed by atoms with E-state index in [-0.39, 0.29) is 5.91 Å². The highest BCUT2D eigenvalue weighted by molar-refractivity contribution is 9.10. The topological polar surface area (TPSA) is 57.6 Å². The van der Waals surface area contributed by atoms with Gasteiger partial charge in [-0.2, -0.15) is 0 Å². The number of amides is 1. The molecule has 0 aliphatic carbocycles. The number of nitrogens with zero attached hydrogens (tertiary/aromatic N) is 1. The van der Waals surface area contributed by atoms with Crippen LogP contribution in [0.4, 0.5) is 0 Å². The number of carboxylic acids is 1. The number of carboxylic acid groups (broad SMARTS) is 1. The number of likely N-dealkylation sites (N-methyl/N-ethyl adjacent to an activating group) is 1. The molecule has 0 radical (unpaired) electrons. The highest BCUT2D eigenvalue weighted by Crippen LogP contribution is 2.23. The predicted molar refractivity (Wildman–Crippen MR) is 77.6 cm³/mol. The molecule has 0 aliphatic rings. The number of rotatable bonds is 4. The van der Waals surface area contributed by atoms with Crippen LogP contribution in [0, 0.1) is 0 Å². The third-order valence-electron chi connectivity index (χ3n) is 2.87. The zero-order chi connectivity index (χ0) is 14.8. The van der Waals surface area contributed by atoms with Gasteiger partial charge in [-0.25, -0.2) is 4.79 Å². The molecule has 0 fully saturated rings. The third-order valence-corrected chi connectivity index (χ3v) is 3.55. The van der Waals surface area contributed by atoms with Gasteiger partial charge >= 0.3 is 5.97 Å². The summed E-state index contributed by atoms with van der Waals surface area (Å²) in [7, 11) is 0. The van der Waals surface area contributed by atoms with Gasteiger partial charge in [0, 0.05) is 21.6 Å². The molecule has 0 saturated carbocycles. The van der Waals surface area contributed by atoms with Crippen molar-refractivity contribution in [1.29, 1.82) is 0 Å². The van der Waals surface area contributed by atoms with E-state index in [1.54, 1.807) is 19.1 Å². The first kappa shape index (κ1) is 16.0. The van der Waals surface area contributed by atoms with Crippen molar-refractivity contribution < 1.29 is 14.7 Å². The Morgan fingerprint density at radius 1 is 1.37 bits per heavy atom. The molecular formula is C13H15BrClNO3. The average Bonchev–Trinajstić information content (AvgIpc) is 2.27. The molecule has 0 aromatic heterocycles. The fourth-order valence-electron chi connectivity index (χ4n) is 1.74. The Hall–Kier alpha value is -1.07. The van der Waals surface area contributed by atoms with Crippen LogP contribution in [0.15, 0.2) is 22.7 Å². The van der Waals surface area contributed by atoms with E-state index in [9.17, 15) is 14.7 Å². The van der Waals surface area contributed by atoms with Crippen LogP contribution >= 0.6 is 27.5 Å². The highest BCUT2D eigenvalue weighted by atomic mass is 79.9. The van der Waals surface area contributed by atoms with E-state index in [0.29, 0.717) is 21.6 Å². The lowest BCUT2D eigenvalue weighted by molar-refractivity contribution is -0.147. The van der Waals surface area contributed by atoms with Gasteiger partial charge in [0.05, 0.1) is 0 Å². The van der Waals surface area contributed by atoms with Gasteiger partial charge in [0.25, 0.3) is 5.91 Å². The van der Waals surface area contributed by atoms with Gasteiger partial charge in [-0.1, -0.05) is 27.5 Å². The van der Waals surface area contributed by atoms with Gasteiger partial charge in [0.1, 0.15) is 5.54 Å². The van der Waals surface area contributed by atoms with Crippen molar-refractivity contribution in [2.45, 2.75) is 26.3 Å². The molecule has 0 aliphatic heterocycles. The standard InChI is InChI=1S/C13H15BrClNO3/c1-4-16(13(2,3)12(18)19)11(17)8-5-9(14)7-10(15)6-8/h5-7H,4H2,1-3H3,(H,18,19). The summed E-state index contributed by atoms with van der Waals surface area (Å²) >= 11 is 9.16. The first-order valence-electron chi connectivity index (χ1n) is 5.71. The zero-order valence-electron chi connectivity index (χ0n) is 10.9. The molecule has 0 unspecified atom stereocenters. The number of carbonyl (C=O) groups excluding carboxylic acids is 1. The maximum Gasteiger partial charge on any atom is 0.329 e. The molecule has 1 aromatic rings. The Kier molecular flexibility index (Phi) is 4.98. The monoisotopic (exact) mass is 347 g/mol. The smallest absolute Gasteiger partial charge is 0.329 e. The van der Waals surface area contributed by atoms with E-state index >= 15 is 0 Å². The summed E-state index contributed by atoms with van der Waals surface area (Å²) in [6.45, 7) is 5.02. The molecule has 6 heteroatoms. The van der Waals surface area contributed by atoms with E-state index in [4.69, 9.17) is 11.6 Å². The number of carbonyl (C=O) groups is 2. The molecule has 1 N–H and O–H groups in total. The Morgan fingerprint density at radius 3 is 2.37 bits per heavy atom. The van der Waals surface area contributed by atoms with Crippen molar-refractivity contribution in [2.75, 3.05) is 6.54 Å². The second kappa shape index (κ2) is 5.92. The van der Waals surface area contributed by atoms with E-state index in [1.165, 1.54) is 24.8 Å². The van der Waals surface area contributed by atoms with Crippen LogP contribution in [-0.2, 0) is 4.79 Å². The lowest BCUT2D eigenvalue weighted by atomic mass is 10.0. The van der Waals surface area contributed by atoms with Crippen LogP contribution in [0.25, 0.3) is 0 Å². The van der Waals surface area contributed by atoms with Gasteiger partial charge < -0.3 is 10.0 Å². The maximum atomic E-state index is 12.4. The molecule has 1 rings (SSSR count). The fourth-order valence-corrected chi connectivity index (χ4v) is 2.60. The van der Waals surface area contributed by atoms with Crippen molar-refractivity contribution in [3.8, 4) is 0 Å².